The normalized spacial score (nSPS) is 12.0. The molecule has 2 amide bonds. The smallest absolute Gasteiger partial charge is 0.303 e. The Balaban J connectivity index is 2.86. The lowest BCUT2D eigenvalue weighted by atomic mass is 10.0. The van der Waals surface area contributed by atoms with Crippen LogP contribution in [0.4, 0.5) is 5.00 Å². The monoisotopic (exact) mass is 312 g/mol. The Morgan fingerprint density at radius 3 is 2.43 bits per heavy atom. The minimum Gasteiger partial charge on any atom is -0.481 e. The first-order chi connectivity index (χ1) is 9.76. The third-order valence-electron chi connectivity index (χ3n) is 3.12. The van der Waals surface area contributed by atoms with Crippen molar-refractivity contribution < 1.29 is 19.5 Å². The van der Waals surface area contributed by atoms with Crippen LogP contribution in [0, 0.1) is 12.8 Å². The summed E-state index contributed by atoms with van der Waals surface area (Å²) in [4.78, 5) is 35.0. The molecule has 0 radical (unpaired) electrons. The number of thiophene rings is 1. The molecule has 4 N–H and O–H groups in total. The zero-order valence-electron chi connectivity index (χ0n) is 12.4. The van der Waals surface area contributed by atoms with Crippen LogP contribution < -0.4 is 11.1 Å². The molecule has 0 aliphatic carbocycles. The van der Waals surface area contributed by atoms with Gasteiger partial charge in [0.2, 0.25) is 5.91 Å². The number of hydrogen-bond donors (Lipinski definition) is 3. The van der Waals surface area contributed by atoms with Gasteiger partial charge >= 0.3 is 5.97 Å². The molecular weight excluding hydrogens is 292 g/mol. The largest absolute Gasteiger partial charge is 0.481 e. The molecule has 0 aliphatic rings. The predicted molar refractivity (Wildman–Crippen MR) is 81.6 cm³/mol. The van der Waals surface area contributed by atoms with Gasteiger partial charge in [0.25, 0.3) is 5.91 Å². The molecule has 7 heteroatoms. The number of rotatable bonds is 7. The number of amides is 2. The van der Waals surface area contributed by atoms with E-state index in [1.54, 1.807) is 6.92 Å². The maximum Gasteiger partial charge on any atom is 0.303 e. The molecule has 0 aliphatic heterocycles. The van der Waals surface area contributed by atoms with Gasteiger partial charge in [-0.3, -0.25) is 14.4 Å². The lowest BCUT2D eigenvalue weighted by Gasteiger charge is -2.09. The van der Waals surface area contributed by atoms with Gasteiger partial charge in [-0.1, -0.05) is 13.8 Å². The van der Waals surface area contributed by atoms with Gasteiger partial charge < -0.3 is 16.2 Å². The van der Waals surface area contributed by atoms with E-state index in [4.69, 9.17) is 10.8 Å². The molecule has 1 aromatic rings. The highest BCUT2D eigenvalue weighted by Crippen LogP contribution is 2.33. The third-order valence-corrected chi connectivity index (χ3v) is 4.18. The maximum absolute atomic E-state index is 11.9. The van der Waals surface area contributed by atoms with Gasteiger partial charge in [-0.05, 0) is 24.8 Å². The zero-order valence-corrected chi connectivity index (χ0v) is 13.2. The number of carboxylic acids is 1. The van der Waals surface area contributed by atoms with Gasteiger partial charge in [-0.2, -0.15) is 0 Å². The van der Waals surface area contributed by atoms with E-state index in [9.17, 15) is 14.4 Å². The molecule has 0 spiro atoms. The average Bonchev–Trinajstić information content (AvgIpc) is 2.63. The molecule has 0 bridgehead atoms. The Morgan fingerprint density at radius 2 is 1.95 bits per heavy atom. The molecule has 1 atom stereocenters. The molecule has 0 fully saturated rings. The van der Waals surface area contributed by atoms with Crippen molar-refractivity contribution in [3.8, 4) is 0 Å². The summed E-state index contributed by atoms with van der Waals surface area (Å²) in [7, 11) is 0. The minimum absolute atomic E-state index is 0.0697. The summed E-state index contributed by atoms with van der Waals surface area (Å²) >= 11 is 1.31. The van der Waals surface area contributed by atoms with E-state index in [0.717, 1.165) is 10.4 Å². The molecule has 1 rings (SSSR count). The number of carbonyl (C=O) groups excluding carboxylic acids is 2. The van der Waals surface area contributed by atoms with Crippen molar-refractivity contribution in [3.05, 3.63) is 16.0 Å². The summed E-state index contributed by atoms with van der Waals surface area (Å²) in [5.41, 5.74) is 6.59. The van der Waals surface area contributed by atoms with Crippen LogP contribution in [0.2, 0.25) is 0 Å². The second-order valence-electron chi connectivity index (χ2n) is 5.01. The van der Waals surface area contributed by atoms with Crippen molar-refractivity contribution >= 4 is 34.1 Å². The molecule has 21 heavy (non-hydrogen) atoms. The number of hydrogen-bond acceptors (Lipinski definition) is 4. The summed E-state index contributed by atoms with van der Waals surface area (Å²) in [6, 6.07) is 0. The third kappa shape index (κ3) is 4.56. The Labute approximate surface area is 127 Å². The van der Waals surface area contributed by atoms with Gasteiger partial charge in [0.1, 0.15) is 5.00 Å². The van der Waals surface area contributed by atoms with E-state index in [0.29, 0.717) is 17.0 Å². The van der Waals surface area contributed by atoms with Gasteiger partial charge in [0, 0.05) is 17.7 Å². The zero-order chi connectivity index (χ0) is 16.2. The first-order valence-corrected chi connectivity index (χ1v) is 7.51. The average molecular weight is 312 g/mol. The van der Waals surface area contributed by atoms with Crippen LogP contribution in [0.1, 0.15) is 47.5 Å². The topological polar surface area (TPSA) is 109 Å². The van der Waals surface area contributed by atoms with Crippen molar-refractivity contribution in [3.63, 3.8) is 0 Å². The van der Waals surface area contributed by atoms with Crippen molar-refractivity contribution in [1.29, 1.82) is 0 Å². The van der Waals surface area contributed by atoms with Crippen LogP contribution in [0.25, 0.3) is 0 Å². The quantitative estimate of drug-likeness (QED) is 0.716. The second-order valence-corrected chi connectivity index (χ2v) is 6.24. The first kappa shape index (κ1) is 17.2. The Hall–Kier alpha value is -1.89. The highest BCUT2D eigenvalue weighted by molar-refractivity contribution is 7.16. The molecular formula is C14H20N2O4S. The maximum atomic E-state index is 11.9. The van der Waals surface area contributed by atoms with Crippen LogP contribution in [-0.2, 0) is 16.0 Å². The summed E-state index contributed by atoms with van der Waals surface area (Å²) in [5, 5.41) is 11.8. The van der Waals surface area contributed by atoms with Gasteiger partial charge in [0.15, 0.2) is 0 Å². The highest BCUT2D eigenvalue weighted by Gasteiger charge is 2.21. The van der Waals surface area contributed by atoms with Gasteiger partial charge in [0.05, 0.1) is 5.56 Å². The fraction of sp³-hybridized carbons (Fsp3) is 0.500. The number of aryl methyl sites for hydroxylation is 1. The van der Waals surface area contributed by atoms with E-state index in [1.807, 2.05) is 13.8 Å². The van der Waals surface area contributed by atoms with Crippen LogP contribution in [0.15, 0.2) is 0 Å². The predicted octanol–water partition coefficient (Wildman–Crippen LogP) is 2.16. The van der Waals surface area contributed by atoms with Crippen molar-refractivity contribution in [1.82, 2.24) is 0 Å². The molecule has 1 heterocycles. The Bertz CT molecular complexity index is 566. The van der Waals surface area contributed by atoms with Gasteiger partial charge in [-0.15, -0.1) is 11.3 Å². The van der Waals surface area contributed by atoms with Crippen molar-refractivity contribution in [2.75, 3.05) is 5.32 Å². The number of anilines is 1. The number of carboxylic acid groups (broad SMARTS) is 1. The highest BCUT2D eigenvalue weighted by atomic mass is 32.1. The van der Waals surface area contributed by atoms with E-state index < -0.39 is 11.9 Å². The van der Waals surface area contributed by atoms with Crippen LogP contribution in [0.5, 0.6) is 0 Å². The summed E-state index contributed by atoms with van der Waals surface area (Å²) in [6.45, 7) is 5.49. The molecule has 0 aromatic carbocycles. The summed E-state index contributed by atoms with van der Waals surface area (Å²) in [6.07, 6.45) is 0.675. The van der Waals surface area contributed by atoms with E-state index in [2.05, 4.69) is 5.32 Å². The number of nitrogens with two attached hydrogens (primary N) is 1. The SMILES string of the molecule is CCc1c(C)sc(NC(=O)CC(C)CC(=O)O)c1C(N)=O. The Morgan fingerprint density at radius 1 is 1.33 bits per heavy atom. The summed E-state index contributed by atoms with van der Waals surface area (Å²) < 4.78 is 0. The number of nitrogens with one attached hydrogen (secondary N) is 1. The van der Waals surface area contributed by atoms with E-state index in [1.165, 1.54) is 11.3 Å². The van der Waals surface area contributed by atoms with Gasteiger partial charge in [-0.25, -0.2) is 0 Å². The van der Waals surface area contributed by atoms with Crippen LogP contribution in [0.3, 0.4) is 0 Å². The minimum atomic E-state index is -0.937. The lowest BCUT2D eigenvalue weighted by molar-refractivity contribution is -0.138. The molecule has 1 unspecified atom stereocenters. The number of aliphatic carboxylic acids is 1. The molecule has 0 saturated carbocycles. The summed E-state index contributed by atoms with van der Waals surface area (Å²) in [5.74, 6) is -2.08. The first-order valence-electron chi connectivity index (χ1n) is 6.69. The van der Waals surface area contributed by atoms with Crippen molar-refractivity contribution in [2.45, 2.75) is 40.0 Å². The fourth-order valence-electron chi connectivity index (χ4n) is 2.22. The van der Waals surface area contributed by atoms with E-state index in [-0.39, 0.29) is 24.7 Å². The Kier molecular flexibility index (Phi) is 5.90. The molecule has 1 aromatic heterocycles. The number of primary amides is 1. The van der Waals surface area contributed by atoms with Crippen LogP contribution in [-0.4, -0.2) is 22.9 Å². The molecule has 0 saturated heterocycles. The molecule has 6 nitrogen and oxygen atoms in total. The lowest BCUT2D eigenvalue weighted by Crippen LogP contribution is -2.20. The van der Waals surface area contributed by atoms with Crippen molar-refractivity contribution in [2.24, 2.45) is 11.7 Å². The second kappa shape index (κ2) is 7.21. The molecule has 116 valence electrons. The van der Waals surface area contributed by atoms with Crippen LogP contribution >= 0.6 is 11.3 Å². The fourth-order valence-corrected chi connectivity index (χ4v) is 3.38. The van der Waals surface area contributed by atoms with E-state index >= 15 is 0 Å². The standard InChI is InChI=1S/C14H20N2O4S/c1-4-9-8(3)21-14(12(9)13(15)20)16-10(17)5-7(2)6-11(18)19/h7H,4-6H2,1-3H3,(H2,15,20)(H,16,17)(H,18,19). The number of carbonyl (C=O) groups is 3.